The number of primary amides is 1. The summed E-state index contributed by atoms with van der Waals surface area (Å²) < 4.78 is 0. The molecule has 2 N–H and O–H groups in total. The number of benzene rings is 2. The monoisotopic (exact) mass is 367 g/mol. The van der Waals surface area contributed by atoms with Gasteiger partial charge in [-0.15, -0.1) is 0 Å². The molecular formula is C20H21N3O4. The first-order valence-electron chi connectivity index (χ1n) is 8.87. The fourth-order valence-corrected chi connectivity index (χ4v) is 3.57. The molecular weight excluding hydrogens is 346 g/mol. The van der Waals surface area contributed by atoms with Crippen LogP contribution in [0.4, 0.5) is 11.4 Å². The summed E-state index contributed by atoms with van der Waals surface area (Å²) in [6.45, 7) is 1.21. The molecule has 1 heterocycles. The topological polar surface area (TPSA) is 107 Å². The van der Waals surface area contributed by atoms with Crippen LogP contribution in [0.2, 0.25) is 0 Å². The molecule has 1 saturated heterocycles. The number of nitrogens with two attached hydrogens (primary N) is 1. The number of nitro benzene ring substituents is 1. The van der Waals surface area contributed by atoms with Gasteiger partial charge in [0, 0.05) is 36.7 Å². The van der Waals surface area contributed by atoms with E-state index in [0.29, 0.717) is 24.3 Å². The smallest absolute Gasteiger partial charge is 0.293 e. The molecule has 140 valence electrons. The molecule has 1 atom stereocenters. The molecule has 0 bridgehead atoms. The normalized spacial score (nSPS) is 16.7. The SMILES string of the molecule is NC(=O)CC1CCCN(c2ccc(C(=O)c3ccccc3)cc2[N+](=O)[O-])C1. The second-order valence-electron chi connectivity index (χ2n) is 6.78. The van der Waals surface area contributed by atoms with Crippen LogP contribution in [0.3, 0.4) is 0 Å². The highest BCUT2D eigenvalue weighted by molar-refractivity contribution is 6.09. The summed E-state index contributed by atoms with van der Waals surface area (Å²) in [4.78, 5) is 36.9. The van der Waals surface area contributed by atoms with Crippen LogP contribution in [0.15, 0.2) is 48.5 Å². The van der Waals surface area contributed by atoms with Crippen molar-refractivity contribution in [2.75, 3.05) is 18.0 Å². The van der Waals surface area contributed by atoms with Crippen molar-refractivity contribution in [2.45, 2.75) is 19.3 Å². The number of carbonyl (C=O) groups is 2. The van der Waals surface area contributed by atoms with Gasteiger partial charge in [0.2, 0.25) is 5.91 Å². The number of carbonyl (C=O) groups excluding carboxylic acids is 2. The molecule has 7 nitrogen and oxygen atoms in total. The number of nitrogens with zero attached hydrogens (tertiary/aromatic N) is 2. The summed E-state index contributed by atoms with van der Waals surface area (Å²) in [6, 6.07) is 13.3. The average molecular weight is 367 g/mol. The summed E-state index contributed by atoms with van der Waals surface area (Å²) in [5, 5.41) is 11.6. The lowest BCUT2D eigenvalue weighted by Gasteiger charge is -2.33. The van der Waals surface area contributed by atoms with Gasteiger partial charge in [-0.05, 0) is 30.9 Å². The van der Waals surface area contributed by atoms with E-state index in [9.17, 15) is 19.7 Å². The van der Waals surface area contributed by atoms with Gasteiger partial charge in [0.1, 0.15) is 5.69 Å². The molecule has 0 radical (unpaired) electrons. The first kappa shape index (κ1) is 18.6. The van der Waals surface area contributed by atoms with Crippen molar-refractivity contribution < 1.29 is 14.5 Å². The molecule has 1 unspecified atom stereocenters. The Morgan fingerprint density at radius 2 is 1.89 bits per heavy atom. The fourth-order valence-electron chi connectivity index (χ4n) is 3.57. The van der Waals surface area contributed by atoms with E-state index in [-0.39, 0.29) is 35.3 Å². The van der Waals surface area contributed by atoms with E-state index in [1.165, 1.54) is 6.07 Å². The van der Waals surface area contributed by atoms with Gasteiger partial charge < -0.3 is 10.6 Å². The van der Waals surface area contributed by atoms with Crippen LogP contribution in [0.25, 0.3) is 0 Å². The van der Waals surface area contributed by atoms with E-state index < -0.39 is 4.92 Å². The highest BCUT2D eigenvalue weighted by Gasteiger charge is 2.27. The Morgan fingerprint density at radius 1 is 1.15 bits per heavy atom. The van der Waals surface area contributed by atoms with E-state index in [2.05, 4.69) is 0 Å². The van der Waals surface area contributed by atoms with Crippen LogP contribution in [-0.4, -0.2) is 29.7 Å². The van der Waals surface area contributed by atoms with Gasteiger partial charge in [-0.1, -0.05) is 30.3 Å². The van der Waals surface area contributed by atoms with Gasteiger partial charge in [0.15, 0.2) is 5.78 Å². The summed E-state index contributed by atoms with van der Waals surface area (Å²) in [5.74, 6) is -0.530. The number of amides is 1. The van der Waals surface area contributed by atoms with E-state index in [4.69, 9.17) is 5.73 Å². The number of nitro groups is 1. The van der Waals surface area contributed by atoms with E-state index >= 15 is 0 Å². The number of hydrogen-bond donors (Lipinski definition) is 1. The highest BCUT2D eigenvalue weighted by Crippen LogP contribution is 2.33. The maximum Gasteiger partial charge on any atom is 0.293 e. The Morgan fingerprint density at radius 3 is 2.56 bits per heavy atom. The molecule has 27 heavy (non-hydrogen) atoms. The largest absolute Gasteiger partial charge is 0.370 e. The van der Waals surface area contributed by atoms with Crippen LogP contribution in [-0.2, 0) is 4.79 Å². The maximum absolute atomic E-state index is 12.6. The molecule has 1 amide bonds. The third-order valence-corrected chi connectivity index (χ3v) is 4.82. The van der Waals surface area contributed by atoms with Crippen LogP contribution in [0.1, 0.15) is 35.2 Å². The predicted octanol–water partition coefficient (Wildman–Crippen LogP) is 2.92. The number of anilines is 1. The molecule has 0 spiro atoms. The Balaban J connectivity index is 1.89. The zero-order chi connectivity index (χ0) is 19.4. The van der Waals surface area contributed by atoms with Crippen molar-refractivity contribution in [3.8, 4) is 0 Å². The molecule has 7 heteroatoms. The number of ketones is 1. The maximum atomic E-state index is 12.6. The molecule has 3 rings (SSSR count). The summed E-state index contributed by atoms with van der Waals surface area (Å²) >= 11 is 0. The third-order valence-electron chi connectivity index (χ3n) is 4.82. The number of rotatable bonds is 6. The Labute approximate surface area is 156 Å². The standard InChI is InChI=1S/C20H21N3O4/c21-19(24)11-14-5-4-10-22(13-14)17-9-8-16(12-18(17)23(26)27)20(25)15-6-2-1-3-7-15/h1-3,6-9,12,14H,4-5,10-11,13H2,(H2,21,24). The van der Waals surface area contributed by atoms with E-state index in [1.54, 1.807) is 42.5 Å². The number of piperidine rings is 1. The van der Waals surface area contributed by atoms with Gasteiger partial charge in [0.25, 0.3) is 5.69 Å². The lowest BCUT2D eigenvalue weighted by molar-refractivity contribution is -0.384. The lowest BCUT2D eigenvalue weighted by atomic mass is 9.93. The van der Waals surface area contributed by atoms with Crippen molar-refractivity contribution in [2.24, 2.45) is 11.7 Å². The van der Waals surface area contributed by atoms with Crippen molar-refractivity contribution in [1.29, 1.82) is 0 Å². The first-order valence-corrected chi connectivity index (χ1v) is 8.87. The molecule has 1 fully saturated rings. The Kier molecular flexibility index (Phi) is 5.49. The van der Waals surface area contributed by atoms with Crippen molar-refractivity contribution >= 4 is 23.1 Å². The Hall–Kier alpha value is -3.22. The second kappa shape index (κ2) is 7.99. The second-order valence-corrected chi connectivity index (χ2v) is 6.78. The zero-order valence-corrected chi connectivity index (χ0v) is 14.8. The van der Waals surface area contributed by atoms with Gasteiger partial charge >= 0.3 is 0 Å². The summed E-state index contributed by atoms with van der Waals surface area (Å²) in [5.41, 5.74) is 6.43. The van der Waals surface area contributed by atoms with Gasteiger partial charge in [-0.2, -0.15) is 0 Å². The first-order chi connectivity index (χ1) is 13.0. The lowest BCUT2D eigenvalue weighted by Crippen LogP contribution is -2.37. The van der Waals surface area contributed by atoms with Gasteiger partial charge in [-0.3, -0.25) is 19.7 Å². The zero-order valence-electron chi connectivity index (χ0n) is 14.8. The van der Waals surface area contributed by atoms with E-state index in [1.807, 2.05) is 4.90 Å². The van der Waals surface area contributed by atoms with Crippen LogP contribution < -0.4 is 10.6 Å². The predicted molar refractivity (Wildman–Crippen MR) is 102 cm³/mol. The van der Waals surface area contributed by atoms with Crippen molar-refractivity contribution in [1.82, 2.24) is 0 Å². The van der Waals surface area contributed by atoms with Gasteiger partial charge in [0.05, 0.1) is 4.92 Å². The average Bonchev–Trinajstić information content (AvgIpc) is 2.67. The minimum Gasteiger partial charge on any atom is -0.370 e. The molecule has 0 aromatic heterocycles. The quantitative estimate of drug-likeness (QED) is 0.480. The molecule has 0 aliphatic carbocycles. The molecule has 2 aromatic carbocycles. The van der Waals surface area contributed by atoms with Crippen molar-refractivity contribution in [3.63, 3.8) is 0 Å². The fraction of sp³-hybridized carbons (Fsp3) is 0.300. The minimum atomic E-state index is -0.463. The molecule has 0 saturated carbocycles. The van der Waals surface area contributed by atoms with Gasteiger partial charge in [-0.25, -0.2) is 0 Å². The minimum absolute atomic E-state index is 0.0847. The molecule has 1 aliphatic rings. The van der Waals surface area contributed by atoms with Crippen molar-refractivity contribution in [3.05, 3.63) is 69.8 Å². The van der Waals surface area contributed by atoms with Crippen LogP contribution in [0.5, 0.6) is 0 Å². The van der Waals surface area contributed by atoms with Crippen LogP contribution in [0, 0.1) is 16.0 Å². The van der Waals surface area contributed by atoms with Crippen LogP contribution >= 0.6 is 0 Å². The number of hydrogen-bond acceptors (Lipinski definition) is 5. The van der Waals surface area contributed by atoms with E-state index in [0.717, 1.165) is 12.8 Å². The third kappa shape index (κ3) is 4.31. The molecule has 2 aromatic rings. The highest BCUT2D eigenvalue weighted by atomic mass is 16.6. The summed E-state index contributed by atoms with van der Waals surface area (Å²) in [7, 11) is 0. The Bertz CT molecular complexity index is 867. The molecule has 1 aliphatic heterocycles. The summed E-state index contributed by atoms with van der Waals surface area (Å²) in [6.07, 6.45) is 1.98.